The third kappa shape index (κ3) is 5.98. The molecule has 1 aromatic carbocycles. The van der Waals surface area contributed by atoms with E-state index in [4.69, 9.17) is 12.2 Å². The van der Waals surface area contributed by atoms with E-state index in [0.717, 1.165) is 18.7 Å². The van der Waals surface area contributed by atoms with Gasteiger partial charge in [-0.15, -0.1) is 0 Å². The summed E-state index contributed by atoms with van der Waals surface area (Å²) in [6.07, 6.45) is 1.15. The summed E-state index contributed by atoms with van der Waals surface area (Å²) in [5, 5.41) is 7.12. The molecule has 0 heterocycles. The highest BCUT2D eigenvalue weighted by molar-refractivity contribution is 7.80. The normalized spacial score (nSPS) is 10.4. The zero-order valence-corrected chi connectivity index (χ0v) is 12.1. The highest BCUT2D eigenvalue weighted by Crippen LogP contribution is 2.03. The summed E-state index contributed by atoms with van der Waals surface area (Å²) < 4.78 is 0. The van der Waals surface area contributed by atoms with Crippen molar-refractivity contribution in [3.63, 3.8) is 0 Å². The lowest BCUT2D eigenvalue weighted by atomic mass is 10.3. The number of nitrogens with one attached hydrogen (secondary N) is 3. The first-order valence-electron chi connectivity index (χ1n) is 6.69. The quantitative estimate of drug-likeness (QED) is 0.513. The van der Waals surface area contributed by atoms with Gasteiger partial charge >= 0.3 is 0 Å². The van der Waals surface area contributed by atoms with Crippen LogP contribution < -0.4 is 15.5 Å². The molecule has 0 aliphatic carbocycles. The van der Waals surface area contributed by atoms with Crippen molar-refractivity contribution in [1.82, 2.24) is 5.32 Å². The number of hydrogen-bond donors (Lipinski definition) is 3. The Balaban J connectivity index is 2.14. The fourth-order valence-electron chi connectivity index (χ4n) is 1.84. The fraction of sp³-hybridized carbons (Fsp3) is 0.500. The molecule has 0 bridgehead atoms. The number of rotatable bonds is 7. The molecular weight excluding hydrogens is 242 g/mol. The van der Waals surface area contributed by atoms with Crippen LogP contribution in [-0.2, 0) is 0 Å². The summed E-state index contributed by atoms with van der Waals surface area (Å²) in [4.78, 5) is 1.64. The van der Waals surface area contributed by atoms with Crippen molar-refractivity contribution in [2.75, 3.05) is 31.5 Å². The Kier molecular flexibility index (Phi) is 7.37. The third-order valence-corrected chi connectivity index (χ3v) is 3.27. The van der Waals surface area contributed by atoms with E-state index in [1.165, 1.54) is 19.6 Å². The first kappa shape index (κ1) is 14.9. The summed E-state index contributed by atoms with van der Waals surface area (Å²) in [6, 6.07) is 10.00. The maximum Gasteiger partial charge on any atom is 0.170 e. The van der Waals surface area contributed by atoms with E-state index in [1.807, 2.05) is 30.3 Å². The second kappa shape index (κ2) is 8.89. The predicted octanol–water partition coefficient (Wildman–Crippen LogP) is 1.29. The molecule has 100 valence electrons. The van der Waals surface area contributed by atoms with Gasteiger partial charge in [-0.3, -0.25) is 0 Å². The number of quaternary nitrogens is 1. The zero-order chi connectivity index (χ0) is 13.2. The van der Waals surface area contributed by atoms with Crippen LogP contribution >= 0.6 is 12.2 Å². The highest BCUT2D eigenvalue weighted by atomic mass is 32.1. The zero-order valence-electron chi connectivity index (χ0n) is 11.3. The SMILES string of the molecule is CC[NH+](CC)CCCNC(=S)Nc1ccccc1. The molecule has 0 spiro atoms. The van der Waals surface area contributed by atoms with Crippen LogP contribution in [0, 0.1) is 0 Å². The van der Waals surface area contributed by atoms with Gasteiger partial charge in [-0.2, -0.15) is 0 Å². The second-order valence-corrected chi connectivity index (χ2v) is 4.72. The molecule has 0 unspecified atom stereocenters. The Morgan fingerprint density at radius 1 is 1.17 bits per heavy atom. The van der Waals surface area contributed by atoms with Crippen LogP contribution in [0.3, 0.4) is 0 Å². The van der Waals surface area contributed by atoms with Crippen LogP contribution in [-0.4, -0.2) is 31.3 Å². The van der Waals surface area contributed by atoms with Gasteiger partial charge < -0.3 is 15.5 Å². The molecule has 0 atom stereocenters. The Labute approximate surface area is 116 Å². The standard InChI is InChI=1S/C14H23N3S/c1-3-17(4-2)12-8-11-15-14(18)16-13-9-6-5-7-10-13/h5-7,9-10H,3-4,8,11-12H2,1-2H3,(H2,15,16,18)/p+1. The topological polar surface area (TPSA) is 28.5 Å². The Bertz CT molecular complexity index is 336. The van der Waals surface area contributed by atoms with E-state index in [1.54, 1.807) is 4.90 Å². The number of hydrogen-bond acceptors (Lipinski definition) is 1. The van der Waals surface area contributed by atoms with Crippen LogP contribution in [0.15, 0.2) is 30.3 Å². The van der Waals surface area contributed by atoms with Gasteiger partial charge in [-0.05, 0) is 38.2 Å². The van der Waals surface area contributed by atoms with Crippen LogP contribution in [0.25, 0.3) is 0 Å². The largest absolute Gasteiger partial charge is 0.362 e. The van der Waals surface area contributed by atoms with Crippen molar-refractivity contribution in [2.24, 2.45) is 0 Å². The fourth-order valence-corrected chi connectivity index (χ4v) is 2.06. The molecule has 0 amide bonds. The van der Waals surface area contributed by atoms with Crippen LogP contribution in [0.4, 0.5) is 5.69 Å². The molecule has 3 nitrogen and oxygen atoms in total. The number of benzene rings is 1. The summed E-state index contributed by atoms with van der Waals surface area (Å²) in [5.74, 6) is 0. The molecule has 18 heavy (non-hydrogen) atoms. The molecule has 4 heteroatoms. The van der Waals surface area contributed by atoms with E-state index >= 15 is 0 Å². The van der Waals surface area contributed by atoms with E-state index in [-0.39, 0.29) is 0 Å². The van der Waals surface area contributed by atoms with Gasteiger partial charge in [-0.1, -0.05) is 18.2 Å². The van der Waals surface area contributed by atoms with Crippen molar-refractivity contribution < 1.29 is 4.90 Å². The smallest absolute Gasteiger partial charge is 0.170 e. The monoisotopic (exact) mass is 266 g/mol. The van der Waals surface area contributed by atoms with Gasteiger partial charge in [0.25, 0.3) is 0 Å². The van der Waals surface area contributed by atoms with E-state index in [9.17, 15) is 0 Å². The van der Waals surface area contributed by atoms with Gasteiger partial charge in [0.2, 0.25) is 0 Å². The molecule has 0 saturated heterocycles. The minimum Gasteiger partial charge on any atom is -0.362 e. The van der Waals surface area contributed by atoms with E-state index < -0.39 is 0 Å². The van der Waals surface area contributed by atoms with Crippen LogP contribution in [0.2, 0.25) is 0 Å². The van der Waals surface area contributed by atoms with Crippen molar-refractivity contribution >= 4 is 23.0 Å². The second-order valence-electron chi connectivity index (χ2n) is 4.31. The van der Waals surface area contributed by atoms with Crippen molar-refractivity contribution in [3.8, 4) is 0 Å². The number of thiocarbonyl (C=S) groups is 1. The van der Waals surface area contributed by atoms with Gasteiger partial charge in [0.05, 0.1) is 19.6 Å². The predicted molar refractivity (Wildman–Crippen MR) is 82.2 cm³/mol. The van der Waals surface area contributed by atoms with Crippen molar-refractivity contribution in [2.45, 2.75) is 20.3 Å². The summed E-state index contributed by atoms with van der Waals surface area (Å²) in [5.41, 5.74) is 1.03. The Morgan fingerprint density at radius 3 is 2.44 bits per heavy atom. The average molecular weight is 266 g/mol. The van der Waals surface area contributed by atoms with E-state index in [2.05, 4.69) is 24.5 Å². The molecule has 0 aliphatic rings. The molecule has 0 fully saturated rings. The highest BCUT2D eigenvalue weighted by Gasteiger charge is 2.02. The molecule has 0 saturated carbocycles. The van der Waals surface area contributed by atoms with Gasteiger partial charge in [-0.25, -0.2) is 0 Å². The van der Waals surface area contributed by atoms with Gasteiger partial charge in [0.15, 0.2) is 5.11 Å². The Hall–Kier alpha value is -1.13. The molecule has 0 aromatic heterocycles. The minimum absolute atomic E-state index is 0.704. The maximum absolute atomic E-state index is 5.24. The van der Waals surface area contributed by atoms with Gasteiger partial charge in [0, 0.05) is 18.7 Å². The number of para-hydroxylation sites is 1. The van der Waals surface area contributed by atoms with Crippen molar-refractivity contribution in [1.29, 1.82) is 0 Å². The summed E-state index contributed by atoms with van der Waals surface area (Å²) in [7, 11) is 0. The average Bonchev–Trinajstić information content (AvgIpc) is 2.40. The van der Waals surface area contributed by atoms with Crippen molar-refractivity contribution in [3.05, 3.63) is 30.3 Å². The molecule has 0 aliphatic heterocycles. The van der Waals surface area contributed by atoms with Crippen LogP contribution in [0.1, 0.15) is 20.3 Å². The lowest BCUT2D eigenvalue weighted by molar-refractivity contribution is -0.896. The summed E-state index contributed by atoms with van der Waals surface area (Å²) >= 11 is 5.24. The first-order chi connectivity index (χ1) is 8.76. The first-order valence-corrected chi connectivity index (χ1v) is 7.10. The summed E-state index contributed by atoms with van der Waals surface area (Å²) in [6.45, 7) is 8.99. The number of anilines is 1. The van der Waals surface area contributed by atoms with Crippen LogP contribution in [0.5, 0.6) is 0 Å². The third-order valence-electron chi connectivity index (χ3n) is 3.02. The molecule has 0 radical (unpaired) electrons. The molecule has 1 rings (SSSR count). The molecule has 3 N–H and O–H groups in total. The molecule has 1 aromatic rings. The maximum atomic E-state index is 5.24. The lowest BCUT2D eigenvalue weighted by Gasteiger charge is -2.16. The molecular formula is C14H24N3S+. The Morgan fingerprint density at radius 2 is 1.83 bits per heavy atom. The lowest BCUT2D eigenvalue weighted by Crippen LogP contribution is -3.11. The van der Waals surface area contributed by atoms with Gasteiger partial charge in [0.1, 0.15) is 0 Å². The van der Waals surface area contributed by atoms with E-state index in [0.29, 0.717) is 5.11 Å². The minimum atomic E-state index is 0.704.